The summed E-state index contributed by atoms with van der Waals surface area (Å²) in [6, 6.07) is 6.42. The third kappa shape index (κ3) is 7.36. The minimum Gasteiger partial charge on any atom is -1.00 e. The van der Waals surface area contributed by atoms with Crippen LogP contribution in [0.25, 0.3) is 5.57 Å². The second-order valence-corrected chi connectivity index (χ2v) is 8.83. The van der Waals surface area contributed by atoms with E-state index >= 15 is 0 Å². The number of methoxy groups -OCH3 is 1. The molecule has 0 amide bonds. The first-order chi connectivity index (χ1) is 10.2. The smallest absolute Gasteiger partial charge is 1.00 e. The molecule has 0 aliphatic carbocycles. The van der Waals surface area contributed by atoms with Crippen molar-refractivity contribution in [3.63, 3.8) is 0 Å². The van der Waals surface area contributed by atoms with Gasteiger partial charge in [-0.2, -0.15) is 0 Å². The van der Waals surface area contributed by atoms with Gasteiger partial charge in [-0.25, -0.2) is 0 Å². The van der Waals surface area contributed by atoms with Crippen LogP contribution in [0.1, 0.15) is 72.1 Å². The Kier molecular flexibility index (Phi) is 12.8. The van der Waals surface area contributed by atoms with E-state index in [0.29, 0.717) is 5.57 Å². The first-order valence-electron chi connectivity index (χ1n) is 8.09. The maximum atomic E-state index is 12.1. The van der Waals surface area contributed by atoms with Crippen molar-refractivity contribution in [2.75, 3.05) is 7.11 Å². The monoisotopic (exact) mass is 682 g/mol. The van der Waals surface area contributed by atoms with Gasteiger partial charge in [-0.3, -0.25) is 4.79 Å². The van der Waals surface area contributed by atoms with E-state index in [1.807, 2.05) is 0 Å². The molecule has 146 valence electrons. The number of carbonyl (C=O) groups excluding carboxylic acids is 1. The van der Waals surface area contributed by atoms with Crippen LogP contribution in [0.15, 0.2) is 18.2 Å². The fraction of sp³-hybridized carbons (Fsp3) is 0.571. The molecule has 0 heterocycles. The van der Waals surface area contributed by atoms with Crippen LogP contribution in [-0.2, 0) is 20.4 Å². The quantitative estimate of drug-likeness (QED) is 0.300. The fourth-order valence-electron chi connectivity index (χ4n) is 2.38. The third-order valence-electron chi connectivity index (χ3n) is 4.35. The van der Waals surface area contributed by atoms with Crippen LogP contribution in [0.4, 0.5) is 0 Å². The average molecular weight is 684 g/mol. The van der Waals surface area contributed by atoms with Gasteiger partial charge in [-0.05, 0) is 46.9 Å². The van der Waals surface area contributed by atoms with E-state index in [1.165, 1.54) is 18.2 Å². The van der Waals surface area contributed by atoms with Gasteiger partial charge in [0.05, 0.1) is 12.5 Å². The summed E-state index contributed by atoms with van der Waals surface area (Å²) in [5.41, 5.74) is 3.02. The molecule has 1 rings (SSSR count). The molecule has 0 aliphatic rings. The Hall–Kier alpha value is 0.273. The van der Waals surface area contributed by atoms with E-state index < -0.39 is 5.41 Å². The molecule has 2 nitrogen and oxygen atoms in total. The van der Waals surface area contributed by atoms with Gasteiger partial charge < -0.3 is 38.7 Å². The van der Waals surface area contributed by atoms with Crippen molar-refractivity contribution >= 4 is 37.7 Å². The Balaban J connectivity index is -0.00000176. The van der Waals surface area contributed by atoms with E-state index in [1.54, 1.807) is 13.8 Å². The predicted molar refractivity (Wildman–Crippen MR) is 103 cm³/mol. The first kappa shape index (κ1) is 31.0. The summed E-state index contributed by atoms with van der Waals surface area (Å²) < 4.78 is 4.91. The van der Waals surface area contributed by atoms with Crippen molar-refractivity contribution in [2.45, 2.75) is 66.2 Å². The van der Waals surface area contributed by atoms with Gasteiger partial charge in [0, 0.05) is 0 Å². The second-order valence-electron chi connectivity index (χ2n) is 8.83. The molecule has 0 fully saturated rings. The summed E-state index contributed by atoms with van der Waals surface area (Å²) in [6.07, 6.45) is 0. The number of halogens is 2. The van der Waals surface area contributed by atoms with Gasteiger partial charge in [0.15, 0.2) is 0 Å². The molecular weight excluding hydrogens is 653 g/mol. The van der Waals surface area contributed by atoms with Crippen molar-refractivity contribution in [1.82, 2.24) is 0 Å². The number of carbonyl (C=O) groups is 1. The summed E-state index contributed by atoms with van der Waals surface area (Å²) in [4.78, 5) is 12.1. The Morgan fingerprint density at radius 3 is 1.46 bits per heavy atom. The number of esters is 1. The molecule has 0 bridgehead atoms. The molecule has 0 saturated heterocycles. The van der Waals surface area contributed by atoms with Crippen LogP contribution < -0.4 is 34.0 Å². The minimum atomic E-state index is -0.861. The number of rotatable bonds is 3. The second kappa shape index (κ2) is 10.7. The Morgan fingerprint density at radius 1 is 0.846 bits per heavy atom. The van der Waals surface area contributed by atoms with Crippen molar-refractivity contribution in [3.8, 4) is 0 Å². The summed E-state index contributed by atoms with van der Waals surface area (Å²) in [5.74, 6) is -0.325. The largest absolute Gasteiger partial charge is 2.00 e. The van der Waals surface area contributed by atoms with Crippen molar-refractivity contribution in [3.05, 3.63) is 41.5 Å². The molecule has 0 unspecified atom stereocenters. The SMILES string of the molecule is [Bi+2].[Br-].[Br-].[CH]=C(c1cc(C(C)(C)C)cc(C(C)(C)C)c1)C(C)(C)C(=O)OC. The number of ether oxygens (including phenoxy) is 1. The van der Waals surface area contributed by atoms with Crippen LogP contribution in [0.5, 0.6) is 0 Å². The molecule has 0 aromatic heterocycles. The molecule has 0 aliphatic heterocycles. The average Bonchev–Trinajstić information content (AvgIpc) is 2.43. The summed E-state index contributed by atoms with van der Waals surface area (Å²) in [7, 11) is 1.39. The Labute approximate surface area is 200 Å². The zero-order valence-corrected chi connectivity index (χ0v) is 24.0. The van der Waals surface area contributed by atoms with Crippen LogP contribution in [0, 0.1) is 12.0 Å². The molecule has 1 aromatic carbocycles. The molecule has 1 aromatic rings. The van der Waals surface area contributed by atoms with E-state index in [0.717, 1.165) is 5.56 Å². The Morgan fingerprint density at radius 2 is 1.19 bits per heavy atom. The molecule has 0 saturated carbocycles. The van der Waals surface area contributed by atoms with Gasteiger partial charge in [0.25, 0.3) is 0 Å². The number of benzene rings is 1. The molecular formula is C21H31BiBr2O2. The number of hydrogen-bond acceptors (Lipinski definition) is 2. The molecule has 0 spiro atoms. The van der Waals surface area contributed by atoms with Gasteiger partial charge in [0.2, 0.25) is 0 Å². The standard InChI is InChI=1S/C21H31O2.Bi.2BrH/c1-14(21(8,9)18(22)23-10)15-11-16(19(2,3)4)13-17(12-15)20(5,6)7;;;/h1,11-13H,2-10H3;;2*1H/q;+2;;/p-2. The van der Waals surface area contributed by atoms with Crippen LogP contribution in [-0.4, -0.2) is 39.3 Å². The van der Waals surface area contributed by atoms with E-state index in [9.17, 15) is 4.79 Å². The summed E-state index contributed by atoms with van der Waals surface area (Å²) in [5, 5.41) is 0. The summed E-state index contributed by atoms with van der Waals surface area (Å²) >= 11 is 0. The van der Waals surface area contributed by atoms with Crippen LogP contribution >= 0.6 is 0 Å². The van der Waals surface area contributed by atoms with Gasteiger partial charge >= 0.3 is 32.2 Å². The van der Waals surface area contributed by atoms with Crippen LogP contribution in [0.2, 0.25) is 0 Å². The van der Waals surface area contributed by atoms with Crippen molar-refractivity contribution in [2.24, 2.45) is 5.41 Å². The van der Waals surface area contributed by atoms with Crippen LogP contribution in [0.3, 0.4) is 0 Å². The van der Waals surface area contributed by atoms with E-state index in [2.05, 4.69) is 59.7 Å². The maximum absolute atomic E-state index is 12.1. The summed E-state index contributed by atoms with van der Waals surface area (Å²) in [6.45, 7) is 23.1. The molecule has 26 heavy (non-hydrogen) atoms. The third-order valence-corrected chi connectivity index (χ3v) is 4.35. The van der Waals surface area contributed by atoms with Gasteiger partial charge in [0.1, 0.15) is 0 Å². The molecule has 5 heteroatoms. The zero-order chi connectivity index (χ0) is 18.2. The van der Waals surface area contributed by atoms with Gasteiger partial charge in [-0.1, -0.05) is 66.3 Å². The Bertz CT molecular complexity index is 592. The first-order valence-corrected chi connectivity index (χ1v) is 8.09. The zero-order valence-electron chi connectivity index (χ0n) is 17.3. The minimum absolute atomic E-state index is 0. The van der Waals surface area contributed by atoms with E-state index in [4.69, 9.17) is 11.3 Å². The maximum Gasteiger partial charge on any atom is 2.00 e. The van der Waals surface area contributed by atoms with Crippen molar-refractivity contribution in [1.29, 1.82) is 0 Å². The molecule has 0 N–H and O–H groups in total. The predicted octanol–water partition coefficient (Wildman–Crippen LogP) is -1.08. The molecule has 0 atom stereocenters. The number of hydrogen-bond donors (Lipinski definition) is 0. The van der Waals surface area contributed by atoms with Gasteiger partial charge in [-0.15, -0.1) is 0 Å². The fourth-order valence-corrected chi connectivity index (χ4v) is 2.38. The normalized spacial score (nSPS) is 11.4. The van der Waals surface area contributed by atoms with Crippen molar-refractivity contribution < 1.29 is 43.5 Å². The topological polar surface area (TPSA) is 26.3 Å². The molecule has 4 radical (unpaired) electrons. The van der Waals surface area contributed by atoms with E-state index in [-0.39, 0.29) is 77.0 Å².